The van der Waals surface area contributed by atoms with Crippen LogP contribution in [-0.2, 0) is 34.6 Å². The Kier molecular flexibility index (Phi) is 7.52. The van der Waals surface area contributed by atoms with Gasteiger partial charge in [0.25, 0.3) is 0 Å². The summed E-state index contributed by atoms with van der Waals surface area (Å²) >= 11 is 0. The Balaban J connectivity index is 1.02. The largest absolute Gasteiger partial charge is 0.481 e. The molecule has 10 heteroatoms. The maximum atomic E-state index is 14.3. The minimum atomic E-state index is -0.757. The lowest BCUT2D eigenvalue weighted by Gasteiger charge is -2.32. The number of halogens is 1. The van der Waals surface area contributed by atoms with Gasteiger partial charge in [-0.05, 0) is 81.1 Å². The third-order valence-electron chi connectivity index (χ3n) is 9.39. The number of benzene rings is 2. The number of likely N-dealkylation sites (tertiary alicyclic amines) is 1. The Bertz CT molecular complexity index is 1750. The Labute approximate surface area is 254 Å². The van der Waals surface area contributed by atoms with E-state index < -0.39 is 17.2 Å². The number of carboxylic acids is 1. The first-order chi connectivity index (χ1) is 21.4. The summed E-state index contributed by atoms with van der Waals surface area (Å²) < 4.78 is 28.1. The van der Waals surface area contributed by atoms with Gasteiger partial charge in [0, 0.05) is 29.8 Å². The molecule has 4 aromatic rings. The van der Waals surface area contributed by atoms with Gasteiger partial charge in [0.05, 0.1) is 47.3 Å². The van der Waals surface area contributed by atoms with E-state index >= 15 is 0 Å². The highest BCUT2D eigenvalue weighted by molar-refractivity contribution is 5.87. The summed E-state index contributed by atoms with van der Waals surface area (Å²) in [5.74, 6) is 0.505. The van der Waals surface area contributed by atoms with Crippen molar-refractivity contribution in [3.05, 3.63) is 88.6 Å². The monoisotopic (exact) mass is 595 g/mol. The predicted octanol–water partition coefficient (Wildman–Crippen LogP) is 5.31. The van der Waals surface area contributed by atoms with Gasteiger partial charge in [-0.3, -0.25) is 9.69 Å². The molecule has 1 atom stereocenters. The quantitative estimate of drug-likeness (QED) is 0.263. The van der Waals surface area contributed by atoms with Gasteiger partial charge < -0.3 is 19.1 Å². The lowest BCUT2D eigenvalue weighted by Crippen LogP contribution is -2.35. The molecule has 1 aliphatic carbocycles. The second-order valence-corrected chi connectivity index (χ2v) is 12.2. The first-order valence-corrected chi connectivity index (χ1v) is 15.3. The topological polar surface area (TPSA) is 114 Å². The fraction of sp³-hybridized carbons (Fsp3) is 0.412. The van der Waals surface area contributed by atoms with Gasteiger partial charge in [-0.2, -0.15) is 5.26 Å². The van der Waals surface area contributed by atoms with Crippen LogP contribution in [0.4, 0.5) is 4.39 Å². The Morgan fingerprint density at radius 1 is 1.11 bits per heavy atom. The molecule has 2 saturated heterocycles. The van der Waals surface area contributed by atoms with Crippen molar-refractivity contribution >= 4 is 17.0 Å². The second kappa shape index (κ2) is 11.6. The molecule has 44 heavy (non-hydrogen) atoms. The summed E-state index contributed by atoms with van der Waals surface area (Å²) in [6.45, 7) is 4.07. The zero-order chi connectivity index (χ0) is 30.3. The zero-order valence-electron chi connectivity index (χ0n) is 24.4. The zero-order valence-corrected chi connectivity index (χ0v) is 24.4. The Hall–Kier alpha value is -4.33. The van der Waals surface area contributed by atoms with Gasteiger partial charge in [0.15, 0.2) is 0 Å². The highest BCUT2D eigenvalue weighted by atomic mass is 19.1. The summed E-state index contributed by atoms with van der Waals surface area (Å²) in [5.41, 5.74) is 3.58. The van der Waals surface area contributed by atoms with Crippen LogP contribution in [0, 0.1) is 17.1 Å². The smallest absolute Gasteiger partial charge is 0.314 e. The molecule has 7 rings (SSSR count). The van der Waals surface area contributed by atoms with Crippen molar-refractivity contribution in [3.8, 4) is 11.9 Å². The summed E-state index contributed by atoms with van der Waals surface area (Å²) in [7, 11) is 0. The van der Waals surface area contributed by atoms with Crippen LogP contribution in [0.5, 0.6) is 5.88 Å². The van der Waals surface area contributed by atoms with Gasteiger partial charge in [-0.15, -0.1) is 0 Å². The first-order valence-electron chi connectivity index (χ1n) is 15.3. The van der Waals surface area contributed by atoms with Gasteiger partial charge in [-0.1, -0.05) is 18.2 Å². The van der Waals surface area contributed by atoms with Crippen molar-refractivity contribution < 1.29 is 23.8 Å². The van der Waals surface area contributed by atoms with E-state index in [9.17, 15) is 14.3 Å². The number of aromatic nitrogens is 3. The first kappa shape index (κ1) is 28.4. The van der Waals surface area contributed by atoms with E-state index in [0.29, 0.717) is 30.8 Å². The van der Waals surface area contributed by atoms with Gasteiger partial charge >= 0.3 is 5.97 Å². The highest BCUT2D eigenvalue weighted by Crippen LogP contribution is 2.49. The van der Waals surface area contributed by atoms with Crippen molar-refractivity contribution in [2.45, 2.75) is 69.2 Å². The minimum absolute atomic E-state index is 0.0398. The molecule has 0 bridgehead atoms. The number of aliphatic carboxylic acids is 1. The number of nitrogens with zero attached hydrogens (tertiary/aromatic N) is 5. The number of carbonyl (C=O) groups is 1. The Morgan fingerprint density at radius 2 is 1.93 bits per heavy atom. The van der Waals surface area contributed by atoms with Gasteiger partial charge in [0.2, 0.25) is 5.88 Å². The molecule has 0 spiro atoms. The van der Waals surface area contributed by atoms with Crippen LogP contribution in [-0.4, -0.2) is 56.3 Å². The summed E-state index contributed by atoms with van der Waals surface area (Å²) in [6.07, 6.45) is 4.44. The van der Waals surface area contributed by atoms with E-state index in [1.807, 2.05) is 36.4 Å². The molecule has 226 valence electrons. The SMILES string of the molecule is N#Cc1ccc(COc2cccc(C3CCN(Cc4nc5cc(C6(C(=O)O)CC6)ccc5n4CC4CCO4)CC3)n2)c(F)c1. The van der Waals surface area contributed by atoms with Crippen molar-refractivity contribution in [2.75, 3.05) is 19.7 Å². The lowest BCUT2D eigenvalue weighted by molar-refractivity contribution is -0.140. The fourth-order valence-corrected chi connectivity index (χ4v) is 6.40. The van der Waals surface area contributed by atoms with Crippen LogP contribution < -0.4 is 4.74 Å². The van der Waals surface area contributed by atoms with Gasteiger partial charge in [-0.25, -0.2) is 14.4 Å². The normalized spacial score (nSPS) is 19.8. The standard InChI is InChI=1S/C34H34FN5O4/c35-27-16-22(18-36)4-5-24(27)21-44-32-3-1-2-28(38-32)23-8-13-39(14-9-23)20-31-37-29-17-25(34(11-12-34)33(41)42)6-7-30(29)40(31)19-26-10-15-43-26/h1-7,16-17,23,26H,8-15,19-21H2,(H,41,42). The minimum Gasteiger partial charge on any atom is -0.481 e. The lowest BCUT2D eigenvalue weighted by atomic mass is 9.93. The number of imidazole rings is 1. The van der Waals surface area contributed by atoms with Gasteiger partial charge in [0.1, 0.15) is 18.2 Å². The van der Waals surface area contributed by atoms with E-state index in [1.165, 1.54) is 6.07 Å². The average molecular weight is 596 g/mol. The number of rotatable bonds is 10. The van der Waals surface area contributed by atoms with Crippen LogP contribution in [0.3, 0.4) is 0 Å². The molecule has 2 aliphatic heterocycles. The summed E-state index contributed by atoms with van der Waals surface area (Å²) in [4.78, 5) is 24.1. The molecule has 0 radical (unpaired) electrons. The number of hydrogen-bond acceptors (Lipinski definition) is 7. The molecular formula is C34H34FN5O4. The number of hydrogen-bond donors (Lipinski definition) is 1. The molecule has 3 aliphatic rings. The van der Waals surface area contributed by atoms with Crippen molar-refractivity contribution in [3.63, 3.8) is 0 Å². The molecule has 1 unspecified atom stereocenters. The van der Waals surface area contributed by atoms with E-state index in [0.717, 1.165) is 73.6 Å². The van der Waals surface area contributed by atoms with E-state index in [4.69, 9.17) is 24.7 Å². The molecule has 2 aromatic heterocycles. The highest BCUT2D eigenvalue weighted by Gasteiger charge is 2.51. The van der Waals surface area contributed by atoms with Crippen molar-refractivity contribution in [2.24, 2.45) is 0 Å². The summed E-state index contributed by atoms with van der Waals surface area (Å²) in [5, 5.41) is 18.8. The third-order valence-corrected chi connectivity index (χ3v) is 9.39. The van der Waals surface area contributed by atoms with Crippen LogP contribution in [0.2, 0.25) is 0 Å². The molecule has 1 saturated carbocycles. The fourth-order valence-electron chi connectivity index (χ4n) is 6.40. The van der Waals surface area contributed by atoms with E-state index in [-0.39, 0.29) is 24.2 Å². The van der Waals surface area contributed by atoms with E-state index in [2.05, 4.69) is 9.47 Å². The number of pyridine rings is 1. The molecule has 9 nitrogen and oxygen atoms in total. The second-order valence-electron chi connectivity index (χ2n) is 12.2. The number of piperidine rings is 1. The molecule has 2 aromatic carbocycles. The van der Waals surface area contributed by atoms with Crippen LogP contribution >= 0.6 is 0 Å². The van der Waals surface area contributed by atoms with Crippen molar-refractivity contribution in [1.29, 1.82) is 5.26 Å². The number of fused-ring (bicyclic) bond motifs is 1. The molecule has 3 fully saturated rings. The number of carboxylic acid groups (broad SMARTS) is 1. The maximum Gasteiger partial charge on any atom is 0.314 e. The summed E-state index contributed by atoms with van der Waals surface area (Å²) in [6, 6.07) is 18.0. The predicted molar refractivity (Wildman–Crippen MR) is 160 cm³/mol. The molecular weight excluding hydrogens is 561 g/mol. The number of ether oxygens (including phenoxy) is 2. The van der Waals surface area contributed by atoms with Crippen LogP contribution in [0.25, 0.3) is 11.0 Å². The number of nitriles is 1. The van der Waals surface area contributed by atoms with Crippen LogP contribution in [0.15, 0.2) is 54.6 Å². The molecule has 0 amide bonds. The van der Waals surface area contributed by atoms with Crippen LogP contribution in [0.1, 0.15) is 66.2 Å². The molecule has 1 N–H and O–H groups in total. The average Bonchev–Trinajstić information content (AvgIpc) is 3.77. The third kappa shape index (κ3) is 5.53. The van der Waals surface area contributed by atoms with Crippen molar-refractivity contribution in [1.82, 2.24) is 19.4 Å². The molecule has 4 heterocycles. The Morgan fingerprint density at radius 3 is 2.61 bits per heavy atom. The van der Waals surface area contributed by atoms with E-state index in [1.54, 1.807) is 18.2 Å². The maximum absolute atomic E-state index is 14.3.